The number of ether oxygens (including phenoxy) is 2. The van der Waals surface area contributed by atoms with Gasteiger partial charge < -0.3 is 19.7 Å². The number of halogens is 1. The Morgan fingerprint density at radius 3 is 2.64 bits per heavy atom. The van der Waals surface area contributed by atoms with Gasteiger partial charge in [0, 0.05) is 23.3 Å². The molecule has 7 heteroatoms. The molecule has 2 aromatic carbocycles. The average Bonchev–Trinajstić information content (AvgIpc) is 2.76. The summed E-state index contributed by atoms with van der Waals surface area (Å²) < 4.78 is 11.3. The Hall–Kier alpha value is -2.73. The number of amides is 2. The molecule has 148 valence electrons. The molecule has 2 amide bonds. The van der Waals surface area contributed by atoms with Crippen LogP contribution in [0.25, 0.3) is 0 Å². The van der Waals surface area contributed by atoms with Gasteiger partial charge in [-0.2, -0.15) is 0 Å². The highest BCUT2D eigenvalue weighted by Crippen LogP contribution is 2.38. The van der Waals surface area contributed by atoms with Crippen LogP contribution in [0.3, 0.4) is 0 Å². The molecule has 0 aliphatic carbocycles. The summed E-state index contributed by atoms with van der Waals surface area (Å²) in [6.45, 7) is 6.33. The molecule has 0 radical (unpaired) electrons. The van der Waals surface area contributed by atoms with Gasteiger partial charge in [0.2, 0.25) is 5.91 Å². The molecule has 0 bridgehead atoms. The molecule has 0 aromatic heterocycles. The standard InChI is InChI=1S/C21H23ClN2O4/c1-4-24-17-10-7-15(11-18(17)28-13-21(2,3)20(24)26)23-19(25)12-27-16-8-5-14(22)6-9-16/h5-11H,4,12-13H2,1-3H3,(H,23,25). The van der Waals surface area contributed by atoms with Crippen LogP contribution in [0.15, 0.2) is 42.5 Å². The molecule has 0 fully saturated rings. The normalized spacial score (nSPS) is 15.3. The molecule has 1 aliphatic heterocycles. The summed E-state index contributed by atoms with van der Waals surface area (Å²) in [4.78, 5) is 26.6. The van der Waals surface area contributed by atoms with E-state index in [1.807, 2.05) is 20.8 Å². The molecule has 0 spiro atoms. The van der Waals surface area contributed by atoms with Crippen molar-refractivity contribution >= 4 is 34.8 Å². The van der Waals surface area contributed by atoms with Gasteiger partial charge >= 0.3 is 0 Å². The number of nitrogens with one attached hydrogen (secondary N) is 1. The zero-order valence-corrected chi connectivity index (χ0v) is 16.9. The van der Waals surface area contributed by atoms with Gasteiger partial charge in [0.25, 0.3) is 5.91 Å². The lowest BCUT2D eigenvalue weighted by molar-refractivity contribution is -0.127. The second-order valence-electron chi connectivity index (χ2n) is 7.20. The fourth-order valence-corrected chi connectivity index (χ4v) is 3.04. The van der Waals surface area contributed by atoms with E-state index in [0.29, 0.717) is 34.4 Å². The van der Waals surface area contributed by atoms with Crippen LogP contribution in [0.1, 0.15) is 20.8 Å². The van der Waals surface area contributed by atoms with Crippen molar-refractivity contribution < 1.29 is 19.1 Å². The number of fused-ring (bicyclic) bond motifs is 1. The summed E-state index contributed by atoms with van der Waals surface area (Å²) >= 11 is 5.83. The second kappa shape index (κ2) is 8.10. The maximum absolute atomic E-state index is 12.7. The lowest BCUT2D eigenvalue weighted by Crippen LogP contribution is -2.42. The zero-order valence-electron chi connectivity index (χ0n) is 16.1. The van der Waals surface area contributed by atoms with Gasteiger partial charge in [0.15, 0.2) is 6.61 Å². The molecule has 2 aromatic rings. The van der Waals surface area contributed by atoms with Crippen LogP contribution in [-0.2, 0) is 9.59 Å². The maximum Gasteiger partial charge on any atom is 0.262 e. The van der Waals surface area contributed by atoms with E-state index >= 15 is 0 Å². The summed E-state index contributed by atoms with van der Waals surface area (Å²) in [6.07, 6.45) is 0. The van der Waals surface area contributed by atoms with Crippen molar-refractivity contribution in [1.82, 2.24) is 0 Å². The Labute approximate surface area is 169 Å². The average molecular weight is 403 g/mol. The third-order valence-electron chi connectivity index (χ3n) is 4.45. The molecule has 0 atom stereocenters. The van der Waals surface area contributed by atoms with Crippen molar-refractivity contribution in [3.8, 4) is 11.5 Å². The van der Waals surface area contributed by atoms with Crippen molar-refractivity contribution in [2.24, 2.45) is 5.41 Å². The summed E-state index contributed by atoms with van der Waals surface area (Å²) in [5.74, 6) is 0.843. The number of carbonyl (C=O) groups is 2. The number of rotatable bonds is 5. The summed E-state index contributed by atoms with van der Waals surface area (Å²) in [5, 5.41) is 3.39. The SMILES string of the molecule is CCN1C(=O)C(C)(C)COc2cc(NC(=O)COc3ccc(Cl)cc3)ccc21. The highest BCUT2D eigenvalue weighted by atomic mass is 35.5. The van der Waals surface area contributed by atoms with Gasteiger partial charge in [0.1, 0.15) is 18.1 Å². The van der Waals surface area contributed by atoms with Gasteiger partial charge in [-0.15, -0.1) is 0 Å². The van der Waals surface area contributed by atoms with Crippen LogP contribution in [0.4, 0.5) is 11.4 Å². The third kappa shape index (κ3) is 4.39. The first-order valence-corrected chi connectivity index (χ1v) is 9.45. The number of hydrogen-bond donors (Lipinski definition) is 1. The number of hydrogen-bond acceptors (Lipinski definition) is 4. The Morgan fingerprint density at radius 1 is 1.25 bits per heavy atom. The van der Waals surface area contributed by atoms with Crippen LogP contribution in [0.2, 0.25) is 5.02 Å². The predicted molar refractivity (Wildman–Crippen MR) is 109 cm³/mol. The fourth-order valence-electron chi connectivity index (χ4n) is 2.92. The van der Waals surface area contributed by atoms with Gasteiger partial charge in [0.05, 0.1) is 11.1 Å². The monoisotopic (exact) mass is 402 g/mol. The van der Waals surface area contributed by atoms with Gasteiger partial charge in [-0.3, -0.25) is 9.59 Å². The minimum atomic E-state index is -0.620. The van der Waals surface area contributed by atoms with E-state index in [0.717, 1.165) is 0 Å². The lowest BCUT2D eigenvalue weighted by Gasteiger charge is -2.26. The molecule has 1 aliphatic rings. The van der Waals surface area contributed by atoms with E-state index in [2.05, 4.69) is 5.32 Å². The van der Waals surface area contributed by atoms with Gasteiger partial charge in [-0.05, 0) is 57.2 Å². The molecule has 0 saturated carbocycles. The van der Waals surface area contributed by atoms with Crippen molar-refractivity contribution in [3.63, 3.8) is 0 Å². The highest BCUT2D eigenvalue weighted by molar-refractivity contribution is 6.30. The van der Waals surface area contributed by atoms with E-state index < -0.39 is 5.41 Å². The van der Waals surface area contributed by atoms with Crippen LogP contribution >= 0.6 is 11.6 Å². The van der Waals surface area contributed by atoms with Crippen LogP contribution in [0, 0.1) is 5.41 Å². The molecular weight excluding hydrogens is 380 g/mol. The highest BCUT2D eigenvalue weighted by Gasteiger charge is 2.37. The molecule has 28 heavy (non-hydrogen) atoms. The Morgan fingerprint density at radius 2 is 1.96 bits per heavy atom. The van der Waals surface area contributed by atoms with Crippen LogP contribution in [-0.4, -0.2) is 31.6 Å². The second-order valence-corrected chi connectivity index (χ2v) is 7.63. The minimum absolute atomic E-state index is 0.0156. The van der Waals surface area contributed by atoms with E-state index in [1.165, 1.54) is 0 Å². The number of benzene rings is 2. The first-order chi connectivity index (χ1) is 13.3. The van der Waals surface area contributed by atoms with Crippen molar-refractivity contribution in [3.05, 3.63) is 47.5 Å². The molecule has 6 nitrogen and oxygen atoms in total. The van der Waals surface area contributed by atoms with E-state index in [4.69, 9.17) is 21.1 Å². The third-order valence-corrected chi connectivity index (χ3v) is 4.70. The Bertz CT molecular complexity index is 880. The van der Waals surface area contributed by atoms with Crippen molar-refractivity contribution in [1.29, 1.82) is 0 Å². The molecule has 0 saturated heterocycles. The zero-order chi connectivity index (χ0) is 20.3. The molecule has 1 heterocycles. The quantitative estimate of drug-likeness (QED) is 0.816. The lowest BCUT2D eigenvalue weighted by atomic mass is 9.93. The summed E-state index contributed by atoms with van der Waals surface area (Å²) in [6, 6.07) is 12.0. The van der Waals surface area contributed by atoms with Crippen molar-refractivity contribution in [2.45, 2.75) is 20.8 Å². The van der Waals surface area contributed by atoms with E-state index in [-0.39, 0.29) is 25.0 Å². The van der Waals surface area contributed by atoms with Gasteiger partial charge in [-0.25, -0.2) is 0 Å². The summed E-state index contributed by atoms with van der Waals surface area (Å²) in [7, 11) is 0. The smallest absolute Gasteiger partial charge is 0.262 e. The number of anilines is 2. The first-order valence-electron chi connectivity index (χ1n) is 9.07. The number of nitrogens with zero attached hydrogens (tertiary/aromatic N) is 1. The molecule has 0 unspecified atom stereocenters. The molecule has 3 rings (SSSR count). The summed E-state index contributed by atoms with van der Waals surface area (Å²) in [5.41, 5.74) is 0.658. The van der Waals surface area contributed by atoms with Crippen molar-refractivity contribution in [2.75, 3.05) is 30.0 Å². The minimum Gasteiger partial charge on any atom is -0.490 e. The van der Waals surface area contributed by atoms with Crippen LogP contribution in [0.5, 0.6) is 11.5 Å². The predicted octanol–water partition coefficient (Wildman–Crippen LogP) is 4.13. The largest absolute Gasteiger partial charge is 0.490 e. The maximum atomic E-state index is 12.7. The van der Waals surface area contributed by atoms with Crippen LogP contribution < -0.4 is 19.7 Å². The van der Waals surface area contributed by atoms with E-state index in [9.17, 15) is 9.59 Å². The van der Waals surface area contributed by atoms with Gasteiger partial charge in [-0.1, -0.05) is 11.6 Å². The Balaban J connectivity index is 1.69. The molecule has 1 N–H and O–H groups in total. The Kier molecular flexibility index (Phi) is 5.79. The topological polar surface area (TPSA) is 67.9 Å². The fraction of sp³-hybridized carbons (Fsp3) is 0.333. The number of carbonyl (C=O) groups excluding carboxylic acids is 2. The first kappa shape index (κ1) is 20.0. The van der Waals surface area contributed by atoms with E-state index in [1.54, 1.807) is 47.4 Å². The molecular formula is C21H23ClN2O4.